The fraction of sp³-hybridized carbons (Fsp3) is 0.455. The predicted octanol–water partition coefficient (Wildman–Crippen LogP) is 2.42. The number of β-amino-alcohol motifs (C(OH)–C–C–N with tert-alkyl or cyclic N) is 1. The van der Waals surface area contributed by atoms with Crippen LogP contribution < -0.4 is 9.47 Å². The molecule has 1 aliphatic rings. The molecule has 0 radical (unpaired) electrons. The van der Waals surface area contributed by atoms with Crippen molar-refractivity contribution in [1.82, 2.24) is 14.4 Å². The fourth-order valence-corrected chi connectivity index (χ4v) is 4.11. The van der Waals surface area contributed by atoms with E-state index in [1.165, 1.54) is 0 Å². The Bertz CT molecular complexity index is 899. The minimum Gasteiger partial charge on any atom is -0.497 e. The molecule has 1 aromatic heterocycles. The van der Waals surface area contributed by atoms with Crippen LogP contribution >= 0.6 is 0 Å². The molecular formula is C22H29N3O3. The average molecular weight is 383 g/mol. The third-order valence-electron chi connectivity index (χ3n) is 5.74. The van der Waals surface area contributed by atoms with Gasteiger partial charge in [-0.2, -0.15) is 0 Å². The van der Waals surface area contributed by atoms with Crippen LogP contribution in [0.15, 0.2) is 36.4 Å². The van der Waals surface area contributed by atoms with Crippen molar-refractivity contribution >= 4 is 21.8 Å². The fourth-order valence-electron chi connectivity index (χ4n) is 4.11. The summed E-state index contributed by atoms with van der Waals surface area (Å²) in [5.41, 5.74) is 2.20. The summed E-state index contributed by atoms with van der Waals surface area (Å²) in [6.07, 6.45) is -0.425. The van der Waals surface area contributed by atoms with E-state index in [0.717, 1.165) is 59.5 Å². The summed E-state index contributed by atoms with van der Waals surface area (Å²) in [6, 6.07) is 12.2. The normalized spacial score (nSPS) is 17.3. The van der Waals surface area contributed by atoms with Crippen LogP contribution in [0.1, 0.15) is 0 Å². The van der Waals surface area contributed by atoms with Crippen molar-refractivity contribution in [2.24, 2.45) is 0 Å². The number of hydrogen-bond donors (Lipinski definition) is 1. The van der Waals surface area contributed by atoms with Gasteiger partial charge in [0, 0.05) is 54.5 Å². The molecule has 28 heavy (non-hydrogen) atoms. The lowest BCUT2D eigenvalue weighted by Crippen LogP contribution is -2.47. The summed E-state index contributed by atoms with van der Waals surface area (Å²) in [7, 11) is 5.51. The van der Waals surface area contributed by atoms with E-state index in [1.54, 1.807) is 14.2 Å². The molecule has 0 bridgehead atoms. The highest BCUT2D eigenvalue weighted by molar-refractivity contribution is 6.09. The Balaban J connectivity index is 1.66. The van der Waals surface area contributed by atoms with E-state index < -0.39 is 6.10 Å². The highest BCUT2D eigenvalue weighted by Crippen LogP contribution is 2.34. The molecule has 6 nitrogen and oxygen atoms in total. The largest absolute Gasteiger partial charge is 0.497 e. The summed E-state index contributed by atoms with van der Waals surface area (Å²) in [5.74, 6) is 1.65. The molecule has 6 heteroatoms. The molecule has 0 amide bonds. The van der Waals surface area contributed by atoms with Crippen LogP contribution in [-0.4, -0.2) is 79.6 Å². The maximum atomic E-state index is 10.8. The van der Waals surface area contributed by atoms with E-state index >= 15 is 0 Å². The Kier molecular flexibility index (Phi) is 5.44. The summed E-state index contributed by atoms with van der Waals surface area (Å²) in [4.78, 5) is 4.68. The number of piperazine rings is 1. The number of nitrogens with zero attached hydrogens (tertiary/aromatic N) is 3. The minimum atomic E-state index is -0.425. The van der Waals surface area contributed by atoms with Gasteiger partial charge in [0.05, 0.1) is 26.9 Å². The number of methoxy groups -OCH3 is 2. The molecular weight excluding hydrogens is 354 g/mol. The van der Waals surface area contributed by atoms with Crippen molar-refractivity contribution < 1.29 is 14.6 Å². The van der Waals surface area contributed by atoms with Crippen molar-refractivity contribution in [2.45, 2.75) is 12.6 Å². The zero-order valence-electron chi connectivity index (χ0n) is 16.9. The van der Waals surface area contributed by atoms with Gasteiger partial charge in [0.15, 0.2) is 0 Å². The van der Waals surface area contributed by atoms with Crippen LogP contribution in [0, 0.1) is 0 Å². The van der Waals surface area contributed by atoms with Gasteiger partial charge >= 0.3 is 0 Å². The van der Waals surface area contributed by atoms with E-state index in [4.69, 9.17) is 9.47 Å². The molecule has 1 fully saturated rings. The highest BCUT2D eigenvalue weighted by Gasteiger charge is 2.19. The molecule has 1 unspecified atom stereocenters. The molecule has 2 heterocycles. The molecule has 1 atom stereocenters. The molecule has 0 saturated carbocycles. The molecule has 1 saturated heterocycles. The Morgan fingerprint density at radius 2 is 1.39 bits per heavy atom. The zero-order chi connectivity index (χ0) is 19.7. The second-order valence-corrected chi connectivity index (χ2v) is 7.63. The number of hydrogen-bond acceptors (Lipinski definition) is 5. The number of likely N-dealkylation sites (N-methyl/N-ethyl adjacent to an activating group) is 1. The first-order chi connectivity index (χ1) is 13.6. The lowest BCUT2D eigenvalue weighted by molar-refractivity contribution is 0.0723. The van der Waals surface area contributed by atoms with E-state index in [0.29, 0.717) is 13.1 Å². The Hall–Kier alpha value is -2.28. The molecule has 150 valence electrons. The molecule has 1 aliphatic heterocycles. The number of aliphatic hydroxyl groups is 1. The van der Waals surface area contributed by atoms with E-state index in [2.05, 4.69) is 45.7 Å². The predicted molar refractivity (Wildman–Crippen MR) is 112 cm³/mol. The van der Waals surface area contributed by atoms with Crippen molar-refractivity contribution in [3.8, 4) is 11.5 Å². The Labute approximate surface area is 165 Å². The van der Waals surface area contributed by atoms with Gasteiger partial charge in [-0.25, -0.2) is 0 Å². The SMILES string of the molecule is COc1ccc2c(c1)c1cc(OC)ccc1n2CC(O)CN1CCN(C)CC1. The van der Waals surface area contributed by atoms with Crippen LogP contribution in [-0.2, 0) is 6.54 Å². The first-order valence-corrected chi connectivity index (χ1v) is 9.82. The van der Waals surface area contributed by atoms with Gasteiger partial charge < -0.3 is 24.0 Å². The maximum absolute atomic E-state index is 10.8. The summed E-state index contributed by atoms with van der Waals surface area (Å²) in [6.45, 7) is 5.39. The third-order valence-corrected chi connectivity index (χ3v) is 5.74. The van der Waals surface area contributed by atoms with Gasteiger partial charge in [-0.15, -0.1) is 0 Å². The maximum Gasteiger partial charge on any atom is 0.119 e. The van der Waals surface area contributed by atoms with Gasteiger partial charge in [0.25, 0.3) is 0 Å². The number of rotatable bonds is 6. The first kappa shape index (κ1) is 19.1. The van der Waals surface area contributed by atoms with Crippen molar-refractivity contribution in [2.75, 3.05) is 54.0 Å². The van der Waals surface area contributed by atoms with Crippen LogP contribution in [0.25, 0.3) is 21.8 Å². The standard InChI is InChI=1S/C22H29N3O3/c1-23-8-10-24(11-9-23)14-16(26)15-25-21-6-4-17(27-2)12-19(21)20-13-18(28-3)5-7-22(20)25/h4-7,12-13,16,26H,8-11,14-15H2,1-3H3. The van der Waals surface area contributed by atoms with Crippen LogP contribution in [0.5, 0.6) is 11.5 Å². The quantitative estimate of drug-likeness (QED) is 0.709. The van der Waals surface area contributed by atoms with Gasteiger partial charge in [-0.05, 0) is 43.4 Å². The Morgan fingerprint density at radius 3 is 1.89 bits per heavy atom. The van der Waals surface area contributed by atoms with Gasteiger partial charge in [0.1, 0.15) is 11.5 Å². The summed E-state index contributed by atoms with van der Waals surface area (Å²) in [5, 5.41) is 13.1. The molecule has 2 aromatic carbocycles. The van der Waals surface area contributed by atoms with Crippen molar-refractivity contribution in [3.63, 3.8) is 0 Å². The second-order valence-electron chi connectivity index (χ2n) is 7.63. The van der Waals surface area contributed by atoms with Crippen LogP contribution in [0.3, 0.4) is 0 Å². The van der Waals surface area contributed by atoms with Crippen molar-refractivity contribution in [1.29, 1.82) is 0 Å². The molecule has 0 aliphatic carbocycles. The first-order valence-electron chi connectivity index (χ1n) is 9.82. The number of aliphatic hydroxyl groups excluding tert-OH is 1. The lowest BCUT2D eigenvalue weighted by Gasteiger charge is -2.33. The number of ether oxygens (including phenoxy) is 2. The van der Waals surface area contributed by atoms with Gasteiger partial charge in [-0.3, -0.25) is 4.90 Å². The van der Waals surface area contributed by atoms with Crippen LogP contribution in [0.2, 0.25) is 0 Å². The van der Waals surface area contributed by atoms with Crippen molar-refractivity contribution in [3.05, 3.63) is 36.4 Å². The second kappa shape index (κ2) is 7.99. The van der Waals surface area contributed by atoms with E-state index in [1.807, 2.05) is 12.1 Å². The van der Waals surface area contributed by atoms with E-state index in [9.17, 15) is 5.11 Å². The Morgan fingerprint density at radius 1 is 0.857 bits per heavy atom. The minimum absolute atomic E-state index is 0.425. The number of fused-ring (bicyclic) bond motifs is 3. The summed E-state index contributed by atoms with van der Waals surface area (Å²) >= 11 is 0. The zero-order valence-corrected chi connectivity index (χ0v) is 16.9. The molecule has 1 N–H and O–H groups in total. The third kappa shape index (κ3) is 3.68. The topological polar surface area (TPSA) is 50.1 Å². The summed E-state index contributed by atoms with van der Waals surface area (Å²) < 4.78 is 13.1. The monoisotopic (exact) mass is 383 g/mol. The number of benzene rings is 2. The van der Waals surface area contributed by atoms with Gasteiger partial charge in [-0.1, -0.05) is 0 Å². The van der Waals surface area contributed by atoms with E-state index in [-0.39, 0.29) is 0 Å². The average Bonchev–Trinajstić information content (AvgIpc) is 3.02. The smallest absolute Gasteiger partial charge is 0.119 e. The lowest BCUT2D eigenvalue weighted by atomic mass is 10.1. The molecule has 4 rings (SSSR count). The highest BCUT2D eigenvalue weighted by atomic mass is 16.5. The molecule has 3 aromatic rings. The van der Waals surface area contributed by atoms with Gasteiger partial charge in [0.2, 0.25) is 0 Å². The van der Waals surface area contributed by atoms with Crippen LogP contribution in [0.4, 0.5) is 0 Å². The molecule has 0 spiro atoms. The number of aromatic nitrogens is 1.